The van der Waals surface area contributed by atoms with Crippen LogP contribution >= 0.6 is 11.6 Å². The minimum Gasteiger partial charge on any atom is -0.356 e. The highest BCUT2D eigenvalue weighted by Gasteiger charge is 2.15. The van der Waals surface area contributed by atoms with Gasteiger partial charge in [0.1, 0.15) is 17.0 Å². The zero-order chi connectivity index (χ0) is 9.97. The van der Waals surface area contributed by atoms with Crippen LogP contribution in [0.15, 0.2) is 6.07 Å². The van der Waals surface area contributed by atoms with Crippen molar-refractivity contribution in [2.45, 2.75) is 12.8 Å². The standard InChI is InChI=1S/C9H9ClN4/c10-7-5-9(13-8(6-11)12-7)14-3-1-2-4-14/h5H,1-4H2. The van der Waals surface area contributed by atoms with Gasteiger partial charge in [0.25, 0.3) is 0 Å². The molecule has 0 aromatic carbocycles. The van der Waals surface area contributed by atoms with Gasteiger partial charge in [-0.1, -0.05) is 11.6 Å². The SMILES string of the molecule is N#Cc1nc(Cl)cc(N2CCCC2)n1. The molecule has 14 heavy (non-hydrogen) atoms. The van der Waals surface area contributed by atoms with Gasteiger partial charge in [-0.05, 0) is 12.8 Å². The van der Waals surface area contributed by atoms with E-state index in [9.17, 15) is 0 Å². The third-order valence-electron chi connectivity index (χ3n) is 2.21. The van der Waals surface area contributed by atoms with E-state index in [-0.39, 0.29) is 5.82 Å². The Morgan fingerprint density at radius 1 is 1.36 bits per heavy atom. The molecule has 1 fully saturated rings. The van der Waals surface area contributed by atoms with Crippen LogP contribution in [0.2, 0.25) is 5.15 Å². The maximum absolute atomic E-state index is 8.68. The first-order valence-electron chi connectivity index (χ1n) is 4.49. The molecule has 72 valence electrons. The van der Waals surface area contributed by atoms with Gasteiger partial charge in [-0.3, -0.25) is 0 Å². The lowest BCUT2D eigenvalue weighted by Gasteiger charge is -2.15. The topological polar surface area (TPSA) is 52.8 Å². The number of nitrogens with zero attached hydrogens (tertiary/aromatic N) is 4. The summed E-state index contributed by atoms with van der Waals surface area (Å²) in [6.07, 6.45) is 2.34. The first-order valence-corrected chi connectivity index (χ1v) is 4.87. The van der Waals surface area contributed by atoms with Crippen LogP contribution in [-0.2, 0) is 0 Å². The highest BCUT2D eigenvalue weighted by Crippen LogP contribution is 2.20. The van der Waals surface area contributed by atoms with E-state index in [0.717, 1.165) is 18.9 Å². The molecule has 0 atom stereocenters. The predicted molar refractivity (Wildman–Crippen MR) is 53.2 cm³/mol. The number of aromatic nitrogens is 2. The number of hydrogen-bond acceptors (Lipinski definition) is 4. The summed E-state index contributed by atoms with van der Waals surface area (Å²) in [4.78, 5) is 10.0. The Balaban J connectivity index is 2.33. The molecule has 0 radical (unpaired) electrons. The van der Waals surface area contributed by atoms with Crippen molar-refractivity contribution in [2.75, 3.05) is 18.0 Å². The quantitative estimate of drug-likeness (QED) is 0.658. The molecule has 0 amide bonds. The summed E-state index contributed by atoms with van der Waals surface area (Å²) < 4.78 is 0. The summed E-state index contributed by atoms with van der Waals surface area (Å²) in [5.41, 5.74) is 0. The molecule has 0 unspecified atom stereocenters. The zero-order valence-electron chi connectivity index (χ0n) is 7.57. The summed E-state index contributed by atoms with van der Waals surface area (Å²) >= 11 is 5.78. The van der Waals surface area contributed by atoms with E-state index in [1.165, 1.54) is 12.8 Å². The molecule has 0 N–H and O–H groups in total. The molecule has 0 spiro atoms. The normalized spacial score (nSPS) is 15.6. The van der Waals surface area contributed by atoms with E-state index in [0.29, 0.717) is 5.15 Å². The highest BCUT2D eigenvalue weighted by molar-refractivity contribution is 6.29. The summed E-state index contributed by atoms with van der Waals surface area (Å²) in [5.74, 6) is 0.901. The van der Waals surface area contributed by atoms with E-state index >= 15 is 0 Å². The summed E-state index contributed by atoms with van der Waals surface area (Å²) in [7, 11) is 0. The van der Waals surface area contributed by atoms with Crippen molar-refractivity contribution in [3.8, 4) is 6.07 Å². The van der Waals surface area contributed by atoms with Crippen LogP contribution in [0.4, 0.5) is 5.82 Å². The second-order valence-electron chi connectivity index (χ2n) is 3.18. The molecule has 1 aromatic rings. The fourth-order valence-corrected chi connectivity index (χ4v) is 1.74. The van der Waals surface area contributed by atoms with Gasteiger partial charge in [-0.25, -0.2) is 9.97 Å². The molecule has 1 aliphatic rings. The van der Waals surface area contributed by atoms with E-state index < -0.39 is 0 Å². The van der Waals surface area contributed by atoms with Crippen LogP contribution in [0, 0.1) is 11.3 Å². The molecule has 0 saturated carbocycles. The monoisotopic (exact) mass is 208 g/mol. The van der Waals surface area contributed by atoms with Crippen molar-refractivity contribution >= 4 is 17.4 Å². The van der Waals surface area contributed by atoms with Crippen LogP contribution in [0.3, 0.4) is 0 Å². The first kappa shape index (κ1) is 9.22. The van der Waals surface area contributed by atoms with Crippen LogP contribution in [0.1, 0.15) is 18.7 Å². The fraction of sp³-hybridized carbons (Fsp3) is 0.444. The lowest BCUT2D eigenvalue weighted by molar-refractivity contribution is 0.921. The number of hydrogen-bond donors (Lipinski definition) is 0. The van der Waals surface area contributed by atoms with Crippen molar-refractivity contribution in [3.63, 3.8) is 0 Å². The van der Waals surface area contributed by atoms with E-state index in [4.69, 9.17) is 16.9 Å². The molecule has 1 aliphatic heterocycles. The van der Waals surface area contributed by atoms with Crippen molar-refractivity contribution in [1.29, 1.82) is 5.26 Å². The van der Waals surface area contributed by atoms with Crippen molar-refractivity contribution < 1.29 is 0 Å². The highest BCUT2D eigenvalue weighted by atomic mass is 35.5. The molecule has 1 saturated heterocycles. The largest absolute Gasteiger partial charge is 0.356 e. The third kappa shape index (κ3) is 1.78. The van der Waals surface area contributed by atoms with E-state index in [1.54, 1.807) is 6.07 Å². The molecule has 1 aromatic heterocycles. The average molecular weight is 209 g/mol. The Bertz CT molecular complexity index is 379. The zero-order valence-corrected chi connectivity index (χ0v) is 8.33. The predicted octanol–water partition coefficient (Wildman–Crippen LogP) is 1.60. The molecule has 2 heterocycles. The fourth-order valence-electron chi connectivity index (χ4n) is 1.56. The second-order valence-corrected chi connectivity index (χ2v) is 3.57. The Morgan fingerprint density at radius 2 is 2.07 bits per heavy atom. The van der Waals surface area contributed by atoms with Crippen molar-refractivity contribution in [3.05, 3.63) is 17.0 Å². The minimum absolute atomic E-state index is 0.138. The van der Waals surface area contributed by atoms with E-state index in [1.807, 2.05) is 6.07 Å². The molecule has 0 bridgehead atoms. The van der Waals surface area contributed by atoms with Crippen LogP contribution in [0.5, 0.6) is 0 Å². The molecular formula is C9H9ClN4. The lowest BCUT2D eigenvalue weighted by atomic mass is 10.4. The molecule has 0 aliphatic carbocycles. The number of anilines is 1. The van der Waals surface area contributed by atoms with Crippen LogP contribution < -0.4 is 4.90 Å². The molecule has 5 heteroatoms. The lowest BCUT2D eigenvalue weighted by Crippen LogP contribution is -2.19. The third-order valence-corrected chi connectivity index (χ3v) is 2.41. The average Bonchev–Trinajstić information content (AvgIpc) is 2.69. The Kier molecular flexibility index (Phi) is 2.51. The smallest absolute Gasteiger partial charge is 0.235 e. The Labute approximate surface area is 87.1 Å². The number of rotatable bonds is 1. The first-order chi connectivity index (χ1) is 6.79. The van der Waals surface area contributed by atoms with Crippen LogP contribution in [0.25, 0.3) is 0 Å². The Hall–Kier alpha value is -1.34. The second kappa shape index (κ2) is 3.81. The maximum atomic E-state index is 8.68. The maximum Gasteiger partial charge on any atom is 0.235 e. The van der Waals surface area contributed by atoms with Crippen molar-refractivity contribution in [1.82, 2.24) is 9.97 Å². The molecule has 2 rings (SSSR count). The van der Waals surface area contributed by atoms with E-state index in [2.05, 4.69) is 14.9 Å². The van der Waals surface area contributed by atoms with Gasteiger partial charge in [0.2, 0.25) is 5.82 Å². The minimum atomic E-state index is 0.138. The summed E-state index contributed by atoms with van der Waals surface area (Å²) in [6.45, 7) is 1.97. The van der Waals surface area contributed by atoms with Gasteiger partial charge in [0, 0.05) is 19.2 Å². The van der Waals surface area contributed by atoms with Crippen molar-refractivity contribution in [2.24, 2.45) is 0 Å². The summed E-state index contributed by atoms with van der Waals surface area (Å²) in [6, 6.07) is 3.60. The number of halogens is 1. The van der Waals surface area contributed by atoms with Crippen LogP contribution in [-0.4, -0.2) is 23.1 Å². The van der Waals surface area contributed by atoms with Gasteiger partial charge < -0.3 is 4.90 Å². The Morgan fingerprint density at radius 3 is 2.71 bits per heavy atom. The van der Waals surface area contributed by atoms with Gasteiger partial charge in [-0.2, -0.15) is 5.26 Å². The van der Waals surface area contributed by atoms with Gasteiger partial charge in [-0.15, -0.1) is 0 Å². The number of nitriles is 1. The van der Waals surface area contributed by atoms with Gasteiger partial charge in [0.05, 0.1) is 0 Å². The van der Waals surface area contributed by atoms with Gasteiger partial charge >= 0.3 is 0 Å². The summed E-state index contributed by atoms with van der Waals surface area (Å²) in [5, 5.41) is 9.01. The molecular weight excluding hydrogens is 200 g/mol. The molecule has 4 nitrogen and oxygen atoms in total. The van der Waals surface area contributed by atoms with Gasteiger partial charge in [0.15, 0.2) is 0 Å².